The SMILES string of the molecule is COc1ccc(-c2cc(C)nc(C)c2)c(OC)c1. The highest BCUT2D eigenvalue weighted by molar-refractivity contribution is 5.72. The van der Waals surface area contributed by atoms with Crippen molar-refractivity contribution in [2.24, 2.45) is 0 Å². The Labute approximate surface area is 107 Å². The third-order valence-corrected chi connectivity index (χ3v) is 2.80. The maximum atomic E-state index is 5.42. The molecule has 0 aliphatic carbocycles. The summed E-state index contributed by atoms with van der Waals surface area (Å²) in [6.07, 6.45) is 0. The molecule has 0 unspecified atom stereocenters. The van der Waals surface area contributed by atoms with Crippen LogP contribution >= 0.6 is 0 Å². The monoisotopic (exact) mass is 243 g/mol. The van der Waals surface area contributed by atoms with Gasteiger partial charge >= 0.3 is 0 Å². The minimum atomic E-state index is 0.790. The fourth-order valence-corrected chi connectivity index (χ4v) is 2.03. The van der Waals surface area contributed by atoms with Crippen LogP contribution in [-0.4, -0.2) is 19.2 Å². The normalized spacial score (nSPS) is 10.2. The van der Waals surface area contributed by atoms with E-state index in [1.165, 1.54) is 0 Å². The Hall–Kier alpha value is -2.03. The quantitative estimate of drug-likeness (QED) is 0.828. The van der Waals surface area contributed by atoms with Crippen molar-refractivity contribution in [3.05, 3.63) is 41.7 Å². The minimum Gasteiger partial charge on any atom is -0.497 e. The Balaban J connectivity index is 2.55. The van der Waals surface area contributed by atoms with Gasteiger partial charge < -0.3 is 9.47 Å². The lowest BCUT2D eigenvalue weighted by atomic mass is 10.0. The second-order valence-corrected chi connectivity index (χ2v) is 4.20. The highest BCUT2D eigenvalue weighted by Gasteiger charge is 2.08. The van der Waals surface area contributed by atoms with Crippen molar-refractivity contribution < 1.29 is 9.47 Å². The van der Waals surface area contributed by atoms with Gasteiger partial charge in [0.2, 0.25) is 0 Å². The summed E-state index contributed by atoms with van der Waals surface area (Å²) in [5.74, 6) is 1.59. The van der Waals surface area contributed by atoms with E-state index < -0.39 is 0 Å². The van der Waals surface area contributed by atoms with Gasteiger partial charge in [0, 0.05) is 23.0 Å². The molecule has 18 heavy (non-hydrogen) atoms. The molecule has 0 fully saturated rings. The van der Waals surface area contributed by atoms with Crippen molar-refractivity contribution in [3.63, 3.8) is 0 Å². The number of nitrogens with zero attached hydrogens (tertiary/aromatic N) is 1. The van der Waals surface area contributed by atoms with Crippen LogP contribution in [-0.2, 0) is 0 Å². The number of aryl methyl sites for hydroxylation is 2. The van der Waals surface area contributed by atoms with Crippen molar-refractivity contribution in [3.8, 4) is 22.6 Å². The lowest BCUT2D eigenvalue weighted by Gasteiger charge is -2.11. The number of rotatable bonds is 3. The standard InChI is InChI=1S/C15H17NO2/c1-10-7-12(8-11(2)16-10)14-6-5-13(17-3)9-15(14)18-4/h5-9H,1-4H3. The summed E-state index contributed by atoms with van der Waals surface area (Å²) in [6, 6.07) is 9.93. The first kappa shape index (κ1) is 12.4. The van der Waals surface area contributed by atoms with Crippen LogP contribution in [0.1, 0.15) is 11.4 Å². The number of aromatic nitrogens is 1. The molecule has 0 radical (unpaired) electrons. The molecular formula is C15H17NO2. The van der Waals surface area contributed by atoms with E-state index in [4.69, 9.17) is 9.47 Å². The molecule has 0 amide bonds. The van der Waals surface area contributed by atoms with Crippen LogP contribution in [0.2, 0.25) is 0 Å². The molecule has 0 atom stereocenters. The smallest absolute Gasteiger partial charge is 0.130 e. The molecule has 0 bridgehead atoms. The highest BCUT2D eigenvalue weighted by Crippen LogP contribution is 2.33. The van der Waals surface area contributed by atoms with Crippen molar-refractivity contribution >= 4 is 0 Å². The van der Waals surface area contributed by atoms with Gasteiger partial charge in [0.25, 0.3) is 0 Å². The summed E-state index contributed by atoms with van der Waals surface area (Å²) in [5, 5.41) is 0. The van der Waals surface area contributed by atoms with Crippen LogP contribution in [0.5, 0.6) is 11.5 Å². The van der Waals surface area contributed by atoms with E-state index in [9.17, 15) is 0 Å². The molecule has 94 valence electrons. The summed E-state index contributed by atoms with van der Waals surface area (Å²) in [6.45, 7) is 3.99. The molecule has 1 aromatic heterocycles. The lowest BCUT2D eigenvalue weighted by molar-refractivity contribution is 0.395. The fraction of sp³-hybridized carbons (Fsp3) is 0.267. The Bertz CT molecular complexity index is 544. The van der Waals surface area contributed by atoms with E-state index >= 15 is 0 Å². The lowest BCUT2D eigenvalue weighted by Crippen LogP contribution is -1.93. The predicted molar refractivity (Wildman–Crippen MR) is 72.3 cm³/mol. The van der Waals surface area contributed by atoms with E-state index in [0.29, 0.717) is 0 Å². The summed E-state index contributed by atoms with van der Waals surface area (Å²) in [4.78, 5) is 4.38. The zero-order valence-electron chi connectivity index (χ0n) is 11.2. The van der Waals surface area contributed by atoms with Gasteiger partial charge in [-0.15, -0.1) is 0 Å². The molecule has 1 heterocycles. The van der Waals surface area contributed by atoms with Gasteiger partial charge in [0.1, 0.15) is 11.5 Å². The second-order valence-electron chi connectivity index (χ2n) is 4.20. The number of ether oxygens (including phenoxy) is 2. The Kier molecular flexibility index (Phi) is 3.51. The maximum Gasteiger partial charge on any atom is 0.130 e. The predicted octanol–water partition coefficient (Wildman–Crippen LogP) is 3.38. The Morgan fingerprint density at radius 3 is 2.11 bits per heavy atom. The Morgan fingerprint density at radius 2 is 1.56 bits per heavy atom. The molecule has 2 rings (SSSR count). The van der Waals surface area contributed by atoms with Gasteiger partial charge in [-0.25, -0.2) is 0 Å². The molecule has 0 aliphatic rings. The van der Waals surface area contributed by atoms with Crippen LogP contribution in [0.25, 0.3) is 11.1 Å². The van der Waals surface area contributed by atoms with Crippen molar-refractivity contribution in [2.75, 3.05) is 14.2 Å². The molecule has 1 aromatic carbocycles. The second kappa shape index (κ2) is 5.08. The van der Waals surface area contributed by atoms with Gasteiger partial charge in [0.05, 0.1) is 14.2 Å². The van der Waals surface area contributed by atoms with Crippen LogP contribution in [0, 0.1) is 13.8 Å². The van der Waals surface area contributed by atoms with Crippen LogP contribution in [0.15, 0.2) is 30.3 Å². The van der Waals surface area contributed by atoms with Crippen molar-refractivity contribution in [1.29, 1.82) is 0 Å². The average Bonchev–Trinajstić information content (AvgIpc) is 2.36. The average molecular weight is 243 g/mol. The molecule has 3 nitrogen and oxygen atoms in total. The Morgan fingerprint density at radius 1 is 0.889 bits per heavy atom. The zero-order chi connectivity index (χ0) is 13.1. The molecule has 0 spiro atoms. The van der Waals surface area contributed by atoms with Gasteiger partial charge in [0.15, 0.2) is 0 Å². The zero-order valence-corrected chi connectivity index (χ0v) is 11.2. The molecule has 0 aliphatic heterocycles. The molecule has 0 saturated carbocycles. The summed E-state index contributed by atoms with van der Waals surface area (Å²) in [5.41, 5.74) is 4.16. The molecular weight excluding hydrogens is 226 g/mol. The minimum absolute atomic E-state index is 0.790. The van der Waals surface area contributed by atoms with Crippen LogP contribution < -0.4 is 9.47 Å². The van der Waals surface area contributed by atoms with E-state index in [1.54, 1.807) is 14.2 Å². The first-order valence-corrected chi connectivity index (χ1v) is 5.81. The third-order valence-electron chi connectivity index (χ3n) is 2.80. The van der Waals surface area contributed by atoms with E-state index in [0.717, 1.165) is 34.0 Å². The first-order chi connectivity index (χ1) is 8.63. The van der Waals surface area contributed by atoms with E-state index in [1.807, 2.05) is 32.0 Å². The van der Waals surface area contributed by atoms with Crippen molar-refractivity contribution in [2.45, 2.75) is 13.8 Å². The molecule has 0 saturated heterocycles. The molecule has 0 N–H and O–H groups in total. The third kappa shape index (κ3) is 2.45. The molecule has 2 aromatic rings. The number of hydrogen-bond acceptors (Lipinski definition) is 3. The maximum absolute atomic E-state index is 5.42. The van der Waals surface area contributed by atoms with Gasteiger partial charge in [-0.2, -0.15) is 0 Å². The summed E-state index contributed by atoms with van der Waals surface area (Å²) in [7, 11) is 3.31. The van der Waals surface area contributed by atoms with Crippen molar-refractivity contribution in [1.82, 2.24) is 4.98 Å². The summed E-state index contributed by atoms with van der Waals surface area (Å²) >= 11 is 0. The fourth-order valence-electron chi connectivity index (χ4n) is 2.03. The van der Waals surface area contributed by atoms with Gasteiger partial charge in [-0.3, -0.25) is 4.98 Å². The largest absolute Gasteiger partial charge is 0.497 e. The number of hydrogen-bond donors (Lipinski definition) is 0. The van der Waals surface area contributed by atoms with Gasteiger partial charge in [-0.1, -0.05) is 0 Å². The van der Waals surface area contributed by atoms with E-state index in [2.05, 4.69) is 17.1 Å². The highest BCUT2D eigenvalue weighted by atomic mass is 16.5. The van der Waals surface area contributed by atoms with E-state index in [-0.39, 0.29) is 0 Å². The number of pyridine rings is 1. The molecule has 3 heteroatoms. The van der Waals surface area contributed by atoms with Crippen LogP contribution in [0.4, 0.5) is 0 Å². The first-order valence-electron chi connectivity index (χ1n) is 5.81. The number of methoxy groups -OCH3 is 2. The van der Waals surface area contributed by atoms with Gasteiger partial charge in [-0.05, 0) is 43.7 Å². The number of benzene rings is 1. The van der Waals surface area contributed by atoms with Crippen LogP contribution in [0.3, 0.4) is 0 Å². The topological polar surface area (TPSA) is 31.4 Å². The summed E-state index contributed by atoms with van der Waals surface area (Å²) < 4.78 is 10.6.